The largest absolute Gasteiger partial charge is 0.401 e. The average Bonchev–Trinajstić information content (AvgIpc) is 2.33. The van der Waals surface area contributed by atoms with Crippen LogP contribution in [0.25, 0.3) is 0 Å². The van der Waals surface area contributed by atoms with Gasteiger partial charge in [-0.05, 0) is 6.92 Å². The highest BCUT2D eigenvalue weighted by molar-refractivity contribution is 6.13. The molecule has 1 aromatic rings. The predicted octanol–water partition coefficient (Wildman–Crippen LogP) is 2.84. The Hall–Kier alpha value is -2.08. The van der Waals surface area contributed by atoms with Crippen LogP contribution >= 0.6 is 0 Å². The van der Waals surface area contributed by atoms with Crippen LogP contribution in [0.2, 0.25) is 0 Å². The van der Waals surface area contributed by atoms with Crippen molar-refractivity contribution >= 4 is 5.71 Å². The number of rotatable bonds is 2. The number of hydrogen-bond acceptors (Lipinski definition) is 3. The minimum Gasteiger partial charge on any atom is -0.401 e. The van der Waals surface area contributed by atoms with Gasteiger partial charge < -0.3 is 5.73 Å². The summed E-state index contributed by atoms with van der Waals surface area (Å²) in [5, 5.41) is 16.6. The van der Waals surface area contributed by atoms with Gasteiger partial charge in [0.15, 0.2) is 0 Å². The van der Waals surface area contributed by atoms with Gasteiger partial charge in [-0.1, -0.05) is 44.2 Å². The Bertz CT molecular complexity index is 407. The zero-order valence-corrected chi connectivity index (χ0v) is 9.91. The fraction of sp³-hybridized carbons (Fsp3) is 0.231. The molecule has 0 aliphatic rings. The lowest BCUT2D eigenvalue weighted by atomic mass is 10.0. The Labute approximate surface area is 96.7 Å². The molecule has 1 aromatic carbocycles. The van der Waals surface area contributed by atoms with E-state index in [0.717, 1.165) is 0 Å². The maximum atomic E-state index is 8.80. The molecule has 1 rings (SSSR count). The van der Waals surface area contributed by atoms with Crippen molar-refractivity contribution in [2.45, 2.75) is 20.8 Å². The first-order valence-electron chi connectivity index (χ1n) is 5.17. The normalized spacial score (nSPS) is 10.4. The predicted molar refractivity (Wildman–Crippen MR) is 67.1 cm³/mol. The summed E-state index contributed by atoms with van der Waals surface area (Å²) in [6.45, 7) is 5.62. The van der Waals surface area contributed by atoms with Crippen LogP contribution in [0.5, 0.6) is 0 Å². The van der Waals surface area contributed by atoms with Crippen molar-refractivity contribution in [3.63, 3.8) is 0 Å². The molecule has 16 heavy (non-hydrogen) atoms. The highest BCUT2D eigenvalue weighted by Crippen LogP contribution is 2.08. The van der Waals surface area contributed by atoms with Crippen LogP contribution < -0.4 is 5.73 Å². The van der Waals surface area contributed by atoms with Crippen LogP contribution in [-0.4, -0.2) is 5.71 Å². The summed E-state index contributed by atoms with van der Waals surface area (Å²) in [6.07, 6.45) is 0. The third-order valence-electron chi connectivity index (χ3n) is 1.82. The number of allylic oxidation sites excluding steroid dienone is 2. The molecule has 3 heteroatoms. The molecular formula is C13H17N3. The number of nitriles is 1. The van der Waals surface area contributed by atoms with Crippen molar-refractivity contribution in [3.8, 4) is 6.07 Å². The lowest BCUT2D eigenvalue weighted by Gasteiger charge is -2.03. The Morgan fingerprint density at radius 2 is 1.75 bits per heavy atom. The average molecular weight is 215 g/mol. The summed E-state index contributed by atoms with van der Waals surface area (Å²) >= 11 is 0. The topological polar surface area (TPSA) is 73.7 Å². The van der Waals surface area contributed by atoms with E-state index >= 15 is 0 Å². The smallest absolute Gasteiger partial charge is 0.103 e. The molecule has 0 aliphatic carbocycles. The molecule has 0 fully saturated rings. The van der Waals surface area contributed by atoms with Crippen LogP contribution in [0.4, 0.5) is 0 Å². The minimum absolute atomic E-state index is 0.174. The summed E-state index contributed by atoms with van der Waals surface area (Å²) in [4.78, 5) is 0. The van der Waals surface area contributed by atoms with Gasteiger partial charge in [-0.2, -0.15) is 5.26 Å². The van der Waals surface area contributed by atoms with E-state index in [0.29, 0.717) is 11.3 Å². The molecule has 3 nitrogen and oxygen atoms in total. The highest BCUT2D eigenvalue weighted by atomic mass is 14.6. The SMILES string of the molecule is C/C(N)=C(\C#N)C(=N)c1ccccc1.CC. The molecule has 0 atom stereocenters. The quantitative estimate of drug-likeness (QED) is 0.588. The zero-order chi connectivity index (χ0) is 12.6. The van der Waals surface area contributed by atoms with Crippen molar-refractivity contribution in [2.75, 3.05) is 0 Å². The second-order valence-corrected chi connectivity index (χ2v) is 2.91. The van der Waals surface area contributed by atoms with E-state index in [1.54, 1.807) is 19.1 Å². The van der Waals surface area contributed by atoms with E-state index < -0.39 is 0 Å². The number of nitrogens with zero attached hydrogens (tertiary/aromatic N) is 1. The first-order valence-corrected chi connectivity index (χ1v) is 5.17. The standard InChI is InChI=1S/C11H11N3.C2H6/c1-8(13)10(7-12)11(14)9-5-3-2-4-6-9;1-2/h2-6,14H,13H2,1H3;1-2H3/b10-8-,14-11?;. The molecule has 0 aromatic heterocycles. The third kappa shape index (κ3) is 3.58. The van der Waals surface area contributed by atoms with Crippen LogP contribution in [-0.2, 0) is 0 Å². The van der Waals surface area contributed by atoms with E-state index in [4.69, 9.17) is 16.4 Å². The molecule has 0 unspecified atom stereocenters. The molecule has 0 saturated heterocycles. The summed E-state index contributed by atoms with van der Waals surface area (Å²) < 4.78 is 0. The molecule has 0 radical (unpaired) electrons. The Kier molecular flexibility index (Phi) is 6.30. The highest BCUT2D eigenvalue weighted by Gasteiger charge is 2.08. The molecule has 0 saturated carbocycles. The Balaban J connectivity index is 0.00000106. The number of nitrogens with two attached hydrogens (primary N) is 1. The van der Waals surface area contributed by atoms with Crippen molar-refractivity contribution in [2.24, 2.45) is 5.73 Å². The molecule has 0 bridgehead atoms. The van der Waals surface area contributed by atoms with Crippen molar-refractivity contribution < 1.29 is 0 Å². The Morgan fingerprint density at radius 1 is 1.25 bits per heavy atom. The zero-order valence-electron chi connectivity index (χ0n) is 9.91. The van der Waals surface area contributed by atoms with Gasteiger partial charge in [-0.15, -0.1) is 0 Å². The monoisotopic (exact) mass is 215 g/mol. The van der Waals surface area contributed by atoms with Gasteiger partial charge in [-0.3, -0.25) is 5.41 Å². The summed E-state index contributed by atoms with van der Waals surface area (Å²) in [7, 11) is 0. The van der Waals surface area contributed by atoms with E-state index in [2.05, 4.69) is 0 Å². The number of benzene rings is 1. The summed E-state index contributed by atoms with van der Waals surface area (Å²) in [6, 6.07) is 11.0. The van der Waals surface area contributed by atoms with Crippen LogP contribution in [0, 0.1) is 16.7 Å². The lowest BCUT2D eigenvalue weighted by molar-refractivity contribution is 1.27. The lowest BCUT2D eigenvalue weighted by Crippen LogP contribution is -2.08. The number of hydrogen-bond donors (Lipinski definition) is 2. The maximum absolute atomic E-state index is 8.80. The molecule has 0 heterocycles. The van der Waals surface area contributed by atoms with Crippen molar-refractivity contribution in [3.05, 3.63) is 47.2 Å². The van der Waals surface area contributed by atoms with Crippen LogP contribution in [0.1, 0.15) is 26.3 Å². The third-order valence-corrected chi connectivity index (χ3v) is 1.82. The Morgan fingerprint density at radius 3 is 2.12 bits per heavy atom. The van der Waals surface area contributed by atoms with E-state index in [-0.39, 0.29) is 11.3 Å². The van der Waals surface area contributed by atoms with E-state index in [9.17, 15) is 0 Å². The molecule has 0 aliphatic heterocycles. The first-order chi connectivity index (χ1) is 7.66. The van der Waals surface area contributed by atoms with Gasteiger partial charge in [0.1, 0.15) is 6.07 Å². The van der Waals surface area contributed by atoms with Gasteiger partial charge in [0, 0.05) is 11.3 Å². The second-order valence-electron chi connectivity index (χ2n) is 2.91. The second kappa shape index (κ2) is 7.24. The van der Waals surface area contributed by atoms with Gasteiger partial charge in [0.2, 0.25) is 0 Å². The van der Waals surface area contributed by atoms with E-state index in [1.807, 2.05) is 38.1 Å². The van der Waals surface area contributed by atoms with Gasteiger partial charge >= 0.3 is 0 Å². The maximum Gasteiger partial charge on any atom is 0.103 e. The van der Waals surface area contributed by atoms with Crippen molar-refractivity contribution in [1.82, 2.24) is 0 Å². The number of nitrogens with one attached hydrogen (secondary N) is 1. The molecule has 3 N–H and O–H groups in total. The van der Waals surface area contributed by atoms with Gasteiger partial charge in [0.25, 0.3) is 0 Å². The van der Waals surface area contributed by atoms with Gasteiger partial charge in [0.05, 0.1) is 11.3 Å². The molecular weight excluding hydrogens is 198 g/mol. The fourth-order valence-corrected chi connectivity index (χ4v) is 1.09. The van der Waals surface area contributed by atoms with E-state index in [1.165, 1.54) is 0 Å². The minimum atomic E-state index is 0.174. The van der Waals surface area contributed by atoms with Crippen LogP contribution in [0.15, 0.2) is 41.6 Å². The van der Waals surface area contributed by atoms with Crippen LogP contribution in [0.3, 0.4) is 0 Å². The first kappa shape index (κ1) is 13.9. The van der Waals surface area contributed by atoms with Crippen molar-refractivity contribution in [1.29, 1.82) is 10.7 Å². The molecule has 0 amide bonds. The summed E-state index contributed by atoms with van der Waals surface area (Å²) in [5.41, 5.74) is 6.99. The molecule has 84 valence electrons. The fourth-order valence-electron chi connectivity index (χ4n) is 1.09. The summed E-state index contributed by atoms with van der Waals surface area (Å²) in [5.74, 6) is 0. The van der Waals surface area contributed by atoms with Gasteiger partial charge in [-0.25, -0.2) is 0 Å². The molecule has 0 spiro atoms.